The highest BCUT2D eigenvalue weighted by Crippen LogP contribution is 2.47. The van der Waals surface area contributed by atoms with Crippen molar-refractivity contribution in [3.05, 3.63) is 71.8 Å². The van der Waals surface area contributed by atoms with Gasteiger partial charge in [0.25, 0.3) is 0 Å². The molecular weight excluding hydrogens is 296 g/mol. The lowest BCUT2D eigenvalue weighted by Gasteiger charge is -1.98. The third-order valence-corrected chi connectivity index (χ3v) is 5.06. The van der Waals surface area contributed by atoms with Crippen molar-refractivity contribution in [2.24, 2.45) is 11.8 Å². The summed E-state index contributed by atoms with van der Waals surface area (Å²) in [4.78, 5) is 0. The standard InChI is InChI=1S/2C11H14O/c2*1-12-8-10-7-11(10)9-5-3-2-4-6-9/h2*2-6,10-11H,7-8H2,1H3/t2*10-,11-/m10/s1. The molecule has 0 aliphatic heterocycles. The fourth-order valence-electron chi connectivity index (χ4n) is 3.51. The lowest BCUT2D eigenvalue weighted by molar-refractivity contribution is 0.184. The molecule has 2 aromatic carbocycles. The summed E-state index contributed by atoms with van der Waals surface area (Å²) in [5.41, 5.74) is 2.94. The maximum atomic E-state index is 5.12. The minimum atomic E-state index is 0.770. The molecule has 0 heterocycles. The van der Waals surface area contributed by atoms with Gasteiger partial charge in [0.05, 0.1) is 0 Å². The Balaban J connectivity index is 0.000000141. The molecular formula is C22H28O2. The molecule has 0 unspecified atom stereocenters. The highest BCUT2D eigenvalue weighted by Gasteiger charge is 2.38. The molecule has 2 fully saturated rings. The van der Waals surface area contributed by atoms with E-state index in [-0.39, 0.29) is 0 Å². The maximum absolute atomic E-state index is 5.12. The van der Waals surface area contributed by atoms with Crippen LogP contribution in [0.15, 0.2) is 60.7 Å². The SMILES string of the molecule is COC[C@@H]1C[C@H]1c1ccccc1.COC[C@H]1C[C@@H]1c1ccccc1. The van der Waals surface area contributed by atoms with Crippen molar-refractivity contribution in [3.63, 3.8) is 0 Å². The number of hydrogen-bond donors (Lipinski definition) is 0. The number of ether oxygens (including phenoxy) is 2. The van der Waals surface area contributed by atoms with E-state index in [1.807, 2.05) is 0 Å². The Morgan fingerprint density at radius 2 is 1.04 bits per heavy atom. The van der Waals surface area contributed by atoms with E-state index in [2.05, 4.69) is 60.7 Å². The summed E-state index contributed by atoms with van der Waals surface area (Å²) < 4.78 is 10.2. The summed E-state index contributed by atoms with van der Waals surface area (Å²) in [5, 5.41) is 0. The summed E-state index contributed by atoms with van der Waals surface area (Å²) in [6.45, 7) is 1.83. The van der Waals surface area contributed by atoms with Gasteiger partial charge in [-0.3, -0.25) is 0 Å². The lowest BCUT2D eigenvalue weighted by Crippen LogP contribution is -1.92. The highest BCUT2D eigenvalue weighted by atomic mass is 16.5. The van der Waals surface area contributed by atoms with Gasteiger partial charge in [-0.05, 0) is 47.6 Å². The quantitative estimate of drug-likeness (QED) is 0.754. The molecule has 24 heavy (non-hydrogen) atoms. The molecule has 0 aromatic heterocycles. The Morgan fingerprint density at radius 3 is 1.38 bits per heavy atom. The van der Waals surface area contributed by atoms with Gasteiger partial charge in [0, 0.05) is 27.4 Å². The number of rotatable bonds is 6. The van der Waals surface area contributed by atoms with Crippen LogP contribution in [-0.2, 0) is 9.47 Å². The zero-order valence-electron chi connectivity index (χ0n) is 14.7. The van der Waals surface area contributed by atoms with Crippen LogP contribution in [0.25, 0.3) is 0 Å². The zero-order chi connectivity index (χ0) is 16.8. The van der Waals surface area contributed by atoms with E-state index in [1.54, 1.807) is 14.2 Å². The summed E-state index contributed by atoms with van der Waals surface area (Å²) in [6, 6.07) is 21.4. The molecule has 2 aromatic rings. The van der Waals surface area contributed by atoms with Gasteiger partial charge in [-0.2, -0.15) is 0 Å². The summed E-state index contributed by atoms with van der Waals surface area (Å²) in [7, 11) is 3.56. The molecule has 128 valence electrons. The van der Waals surface area contributed by atoms with E-state index in [4.69, 9.17) is 9.47 Å². The molecule has 4 atom stereocenters. The average molecular weight is 324 g/mol. The Bertz CT molecular complexity index is 540. The van der Waals surface area contributed by atoms with Gasteiger partial charge in [0.2, 0.25) is 0 Å². The highest BCUT2D eigenvalue weighted by molar-refractivity contribution is 5.26. The fraction of sp³-hybridized carbons (Fsp3) is 0.455. The van der Waals surface area contributed by atoms with Gasteiger partial charge in [-0.1, -0.05) is 60.7 Å². The van der Waals surface area contributed by atoms with Crippen LogP contribution in [0.5, 0.6) is 0 Å². The molecule has 2 aliphatic carbocycles. The Kier molecular flexibility index (Phi) is 6.06. The molecule has 0 saturated heterocycles. The molecule has 0 N–H and O–H groups in total. The molecule has 2 heteroatoms. The largest absolute Gasteiger partial charge is 0.384 e. The van der Waals surface area contributed by atoms with E-state index in [9.17, 15) is 0 Å². The minimum Gasteiger partial charge on any atom is -0.384 e. The third-order valence-electron chi connectivity index (χ3n) is 5.06. The van der Waals surface area contributed by atoms with Gasteiger partial charge < -0.3 is 9.47 Å². The van der Waals surface area contributed by atoms with Gasteiger partial charge in [0.1, 0.15) is 0 Å². The third kappa shape index (κ3) is 4.68. The first-order chi connectivity index (χ1) is 11.8. The number of methoxy groups -OCH3 is 2. The summed E-state index contributed by atoms with van der Waals surface area (Å²) in [5.74, 6) is 3.09. The van der Waals surface area contributed by atoms with E-state index >= 15 is 0 Å². The predicted molar refractivity (Wildman–Crippen MR) is 98.3 cm³/mol. The van der Waals surface area contributed by atoms with Gasteiger partial charge in [-0.25, -0.2) is 0 Å². The van der Waals surface area contributed by atoms with Gasteiger partial charge in [0.15, 0.2) is 0 Å². The second kappa shape index (κ2) is 8.46. The molecule has 2 aliphatic rings. The molecule has 0 radical (unpaired) electrons. The Morgan fingerprint density at radius 1 is 0.667 bits per heavy atom. The molecule has 0 spiro atoms. The van der Waals surface area contributed by atoms with Crippen LogP contribution < -0.4 is 0 Å². The van der Waals surface area contributed by atoms with Crippen molar-refractivity contribution in [2.45, 2.75) is 24.7 Å². The van der Waals surface area contributed by atoms with E-state index in [0.29, 0.717) is 0 Å². The normalized spacial score (nSPS) is 27.1. The second-order valence-electron chi connectivity index (χ2n) is 6.94. The van der Waals surface area contributed by atoms with Crippen LogP contribution >= 0.6 is 0 Å². The van der Waals surface area contributed by atoms with Crippen molar-refractivity contribution in [1.29, 1.82) is 0 Å². The first kappa shape index (κ1) is 17.2. The van der Waals surface area contributed by atoms with Crippen molar-refractivity contribution in [3.8, 4) is 0 Å². The molecule has 2 saturated carbocycles. The first-order valence-electron chi connectivity index (χ1n) is 8.91. The predicted octanol–water partition coefficient (Wildman–Crippen LogP) is 4.87. The monoisotopic (exact) mass is 324 g/mol. The van der Waals surface area contributed by atoms with Crippen LogP contribution in [0, 0.1) is 11.8 Å². The van der Waals surface area contributed by atoms with Gasteiger partial charge >= 0.3 is 0 Å². The van der Waals surface area contributed by atoms with Crippen LogP contribution in [0.2, 0.25) is 0 Å². The van der Waals surface area contributed by atoms with Crippen LogP contribution in [0.1, 0.15) is 35.8 Å². The molecule has 2 nitrogen and oxygen atoms in total. The first-order valence-corrected chi connectivity index (χ1v) is 8.91. The lowest BCUT2D eigenvalue weighted by atomic mass is 10.1. The van der Waals surface area contributed by atoms with Crippen LogP contribution in [0.3, 0.4) is 0 Å². The molecule has 4 rings (SSSR count). The molecule has 0 amide bonds. The van der Waals surface area contributed by atoms with E-state index in [1.165, 1.54) is 24.0 Å². The second-order valence-corrected chi connectivity index (χ2v) is 6.94. The number of hydrogen-bond acceptors (Lipinski definition) is 2. The van der Waals surface area contributed by atoms with Crippen LogP contribution in [0.4, 0.5) is 0 Å². The average Bonchev–Trinajstić information content (AvgIpc) is 3.54. The van der Waals surface area contributed by atoms with Crippen molar-refractivity contribution in [2.75, 3.05) is 27.4 Å². The number of benzene rings is 2. The van der Waals surface area contributed by atoms with E-state index in [0.717, 1.165) is 36.9 Å². The molecule has 0 bridgehead atoms. The zero-order valence-corrected chi connectivity index (χ0v) is 14.7. The smallest absolute Gasteiger partial charge is 0.0496 e. The maximum Gasteiger partial charge on any atom is 0.0496 e. The topological polar surface area (TPSA) is 18.5 Å². The van der Waals surface area contributed by atoms with Crippen molar-refractivity contribution < 1.29 is 9.47 Å². The van der Waals surface area contributed by atoms with Gasteiger partial charge in [-0.15, -0.1) is 0 Å². The van der Waals surface area contributed by atoms with Crippen molar-refractivity contribution >= 4 is 0 Å². The minimum absolute atomic E-state index is 0.770. The summed E-state index contributed by atoms with van der Waals surface area (Å²) in [6.07, 6.45) is 2.61. The van der Waals surface area contributed by atoms with Crippen LogP contribution in [-0.4, -0.2) is 27.4 Å². The fourth-order valence-corrected chi connectivity index (χ4v) is 3.51. The Labute approximate surface area is 145 Å². The van der Waals surface area contributed by atoms with Crippen molar-refractivity contribution in [1.82, 2.24) is 0 Å². The summed E-state index contributed by atoms with van der Waals surface area (Å²) >= 11 is 0. The Hall–Kier alpha value is -1.64. The van der Waals surface area contributed by atoms with E-state index < -0.39 is 0 Å².